The Kier molecular flexibility index (Phi) is 6.11. The monoisotopic (exact) mass is 567 g/mol. The number of phenols is 1. The van der Waals surface area contributed by atoms with Gasteiger partial charge >= 0.3 is 0 Å². The number of aliphatic imine (C=N–C) groups is 1. The molecular weight excluding hydrogens is 545 g/mol. The van der Waals surface area contributed by atoms with Crippen molar-refractivity contribution in [1.29, 1.82) is 0 Å². The van der Waals surface area contributed by atoms with E-state index in [-0.39, 0.29) is 18.2 Å². The predicted octanol–water partition coefficient (Wildman–Crippen LogP) is 4.18. The minimum absolute atomic E-state index is 0.0969. The van der Waals surface area contributed by atoms with Crippen LogP contribution >= 0.6 is 22.6 Å². The SMILES string of the molecule is O=C1N2C=C(c3ccc(O)cc3)N[C@@H](Cc3ccccc3)C2=N[C@]1(Cc1ccc(I)cc1)OO. The van der Waals surface area contributed by atoms with Gasteiger partial charge < -0.3 is 10.4 Å². The summed E-state index contributed by atoms with van der Waals surface area (Å²) in [6.07, 6.45) is 2.34. The molecule has 3 aromatic carbocycles. The lowest BCUT2D eigenvalue weighted by Gasteiger charge is -2.31. The van der Waals surface area contributed by atoms with Crippen LogP contribution in [0.2, 0.25) is 0 Å². The van der Waals surface area contributed by atoms with Crippen molar-refractivity contribution >= 4 is 40.0 Å². The lowest BCUT2D eigenvalue weighted by atomic mass is 10.0. The number of fused-ring (bicyclic) bond motifs is 1. The number of hydrogen-bond acceptors (Lipinski definition) is 6. The number of hydrogen-bond donors (Lipinski definition) is 3. The Bertz CT molecular complexity index is 1260. The average molecular weight is 567 g/mol. The Morgan fingerprint density at radius 1 is 1.00 bits per heavy atom. The van der Waals surface area contributed by atoms with Crippen LogP contribution in [0.3, 0.4) is 0 Å². The van der Waals surface area contributed by atoms with Gasteiger partial charge in [-0.1, -0.05) is 42.5 Å². The van der Waals surface area contributed by atoms with Crippen molar-refractivity contribution < 1.29 is 20.0 Å². The minimum Gasteiger partial charge on any atom is -0.508 e. The first-order valence-corrected chi connectivity index (χ1v) is 11.9. The Hall–Kier alpha value is -3.21. The molecule has 0 saturated carbocycles. The summed E-state index contributed by atoms with van der Waals surface area (Å²) in [4.78, 5) is 24.5. The van der Waals surface area contributed by atoms with E-state index < -0.39 is 11.6 Å². The van der Waals surface area contributed by atoms with Gasteiger partial charge in [-0.15, -0.1) is 0 Å². The number of nitrogens with one attached hydrogen (secondary N) is 1. The number of aromatic hydroxyl groups is 1. The van der Waals surface area contributed by atoms with Crippen LogP contribution in [-0.4, -0.2) is 38.8 Å². The Morgan fingerprint density at radius 3 is 2.38 bits per heavy atom. The molecule has 0 unspecified atom stereocenters. The van der Waals surface area contributed by atoms with E-state index in [1.807, 2.05) is 54.6 Å². The van der Waals surface area contributed by atoms with E-state index in [2.05, 4.69) is 32.9 Å². The van der Waals surface area contributed by atoms with Crippen molar-refractivity contribution in [3.05, 3.63) is 105 Å². The summed E-state index contributed by atoms with van der Waals surface area (Å²) in [5.41, 5.74) is 1.64. The van der Waals surface area contributed by atoms with E-state index in [1.54, 1.807) is 30.5 Å². The van der Waals surface area contributed by atoms with E-state index >= 15 is 0 Å². The lowest BCUT2D eigenvalue weighted by molar-refractivity contribution is -0.308. The summed E-state index contributed by atoms with van der Waals surface area (Å²) in [6.45, 7) is 0. The van der Waals surface area contributed by atoms with Crippen molar-refractivity contribution in [3.63, 3.8) is 0 Å². The van der Waals surface area contributed by atoms with Gasteiger partial charge in [0.05, 0.1) is 11.7 Å². The lowest BCUT2D eigenvalue weighted by Crippen LogP contribution is -2.50. The molecule has 34 heavy (non-hydrogen) atoms. The predicted molar refractivity (Wildman–Crippen MR) is 137 cm³/mol. The van der Waals surface area contributed by atoms with Gasteiger partial charge in [0.2, 0.25) is 0 Å². The first kappa shape index (κ1) is 22.6. The zero-order chi connectivity index (χ0) is 23.7. The summed E-state index contributed by atoms with van der Waals surface area (Å²) in [5.74, 6) is 0.182. The van der Waals surface area contributed by atoms with Gasteiger partial charge in [0.25, 0.3) is 11.6 Å². The van der Waals surface area contributed by atoms with Gasteiger partial charge in [0, 0.05) is 16.2 Å². The van der Waals surface area contributed by atoms with E-state index in [9.17, 15) is 15.2 Å². The number of carbonyl (C=O) groups is 1. The van der Waals surface area contributed by atoms with Crippen molar-refractivity contribution in [3.8, 4) is 5.75 Å². The second-order valence-electron chi connectivity index (χ2n) is 8.30. The first-order chi connectivity index (χ1) is 16.5. The standard InChI is InChI=1S/C26H22IN3O4/c27-20-10-6-18(7-11-20)15-26(34-33)25(32)30-16-23(19-8-12-21(31)13-9-19)28-22(24(30)29-26)14-17-4-2-1-3-5-17/h1-13,16,22,28,31,33H,14-15H2/t22-,26+/m0/s1. The van der Waals surface area contributed by atoms with Gasteiger partial charge in [-0.2, -0.15) is 4.89 Å². The van der Waals surface area contributed by atoms with Crippen LogP contribution in [0.15, 0.2) is 90.1 Å². The van der Waals surface area contributed by atoms with E-state index in [4.69, 9.17) is 4.89 Å². The summed E-state index contributed by atoms with van der Waals surface area (Å²) in [5, 5.41) is 23.1. The fraction of sp³-hybridized carbons (Fsp3) is 0.154. The topological polar surface area (TPSA) is 94.4 Å². The highest BCUT2D eigenvalue weighted by Crippen LogP contribution is 2.34. The molecule has 172 valence electrons. The van der Waals surface area contributed by atoms with E-state index in [0.29, 0.717) is 18.0 Å². The van der Waals surface area contributed by atoms with Crippen LogP contribution in [0.1, 0.15) is 16.7 Å². The summed E-state index contributed by atoms with van der Waals surface area (Å²) < 4.78 is 1.07. The number of nitrogens with zero attached hydrogens (tertiary/aromatic N) is 2. The van der Waals surface area contributed by atoms with Crippen LogP contribution in [0, 0.1) is 3.57 Å². The fourth-order valence-electron chi connectivity index (χ4n) is 4.24. The highest BCUT2D eigenvalue weighted by molar-refractivity contribution is 14.1. The number of carbonyl (C=O) groups excluding carboxylic acids is 1. The third-order valence-electron chi connectivity index (χ3n) is 5.96. The molecule has 2 atom stereocenters. The number of benzene rings is 3. The maximum absolute atomic E-state index is 13.6. The summed E-state index contributed by atoms with van der Waals surface area (Å²) in [7, 11) is 0. The molecule has 0 radical (unpaired) electrons. The maximum atomic E-state index is 13.6. The largest absolute Gasteiger partial charge is 0.508 e. The van der Waals surface area contributed by atoms with Crippen LogP contribution < -0.4 is 5.32 Å². The third-order valence-corrected chi connectivity index (χ3v) is 6.68. The van der Waals surface area contributed by atoms with E-state index in [1.165, 1.54) is 4.90 Å². The Labute approximate surface area is 210 Å². The molecule has 7 nitrogen and oxygen atoms in total. The molecule has 0 saturated heterocycles. The van der Waals surface area contributed by atoms with Crippen molar-refractivity contribution in [2.24, 2.45) is 4.99 Å². The summed E-state index contributed by atoms with van der Waals surface area (Å²) >= 11 is 2.21. The van der Waals surface area contributed by atoms with Crippen molar-refractivity contribution in [1.82, 2.24) is 10.2 Å². The average Bonchev–Trinajstić information content (AvgIpc) is 3.14. The van der Waals surface area contributed by atoms with Gasteiger partial charge in [-0.25, -0.2) is 10.2 Å². The molecule has 8 heteroatoms. The van der Waals surface area contributed by atoms with Gasteiger partial charge in [-0.3, -0.25) is 9.69 Å². The third kappa shape index (κ3) is 4.31. The number of rotatable bonds is 6. The van der Waals surface area contributed by atoms with Gasteiger partial charge in [0.1, 0.15) is 11.6 Å². The zero-order valence-corrected chi connectivity index (χ0v) is 20.2. The maximum Gasteiger partial charge on any atom is 0.290 e. The molecule has 1 amide bonds. The first-order valence-electron chi connectivity index (χ1n) is 10.8. The number of amides is 1. The molecule has 0 aliphatic carbocycles. The Balaban J connectivity index is 1.55. The van der Waals surface area contributed by atoms with E-state index in [0.717, 1.165) is 20.3 Å². The molecule has 0 aromatic heterocycles. The minimum atomic E-state index is -1.76. The normalized spacial score (nSPS) is 21.5. The quantitative estimate of drug-likeness (QED) is 0.236. The molecular formula is C26H22IN3O4. The van der Waals surface area contributed by atoms with Gasteiger partial charge in [-0.05, 0) is 82.1 Å². The molecule has 5 rings (SSSR count). The number of amidine groups is 1. The molecule has 0 fully saturated rings. The smallest absolute Gasteiger partial charge is 0.290 e. The molecule has 2 aliphatic heterocycles. The van der Waals surface area contributed by atoms with Crippen LogP contribution in [0.5, 0.6) is 5.75 Å². The Morgan fingerprint density at radius 2 is 1.71 bits per heavy atom. The molecule has 2 aliphatic rings. The second kappa shape index (κ2) is 9.21. The van der Waals surface area contributed by atoms with Gasteiger partial charge in [0.15, 0.2) is 0 Å². The van der Waals surface area contributed by atoms with Crippen molar-refractivity contribution in [2.75, 3.05) is 0 Å². The molecule has 2 heterocycles. The summed E-state index contributed by atoms with van der Waals surface area (Å²) in [6, 6.07) is 24.0. The van der Waals surface area contributed by atoms with Crippen molar-refractivity contribution in [2.45, 2.75) is 24.6 Å². The molecule has 0 spiro atoms. The highest BCUT2D eigenvalue weighted by Gasteiger charge is 2.52. The molecule has 3 aromatic rings. The highest BCUT2D eigenvalue weighted by atomic mass is 127. The van der Waals surface area contributed by atoms with Crippen LogP contribution in [0.4, 0.5) is 0 Å². The zero-order valence-electron chi connectivity index (χ0n) is 18.1. The van der Waals surface area contributed by atoms with Crippen LogP contribution in [-0.2, 0) is 22.5 Å². The van der Waals surface area contributed by atoms with Crippen LogP contribution in [0.25, 0.3) is 5.70 Å². The second-order valence-corrected chi connectivity index (χ2v) is 9.55. The number of halogens is 1. The molecule has 0 bridgehead atoms. The number of phenolic OH excluding ortho intramolecular Hbond substituents is 1. The molecule has 3 N–H and O–H groups in total. The fourth-order valence-corrected chi connectivity index (χ4v) is 4.60.